The zero-order valence-corrected chi connectivity index (χ0v) is 16.1. The molecule has 0 unspecified atom stereocenters. The molecule has 0 atom stereocenters. The fourth-order valence-corrected chi connectivity index (χ4v) is 2.77. The Bertz CT molecular complexity index is 815. The number of aryl methyl sites for hydroxylation is 2. The number of carbonyl (C=O) groups excluding carboxylic acids is 2. The molecule has 2 rings (SSSR count). The van der Waals surface area contributed by atoms with Crippen LogP contribution in [0.25, 0.3) is 0 Å². The molecule has 1 N–H and O–H groups in total. The van der Waals surface area contributed by atoms with Crippen molar-refractivity contribution in [2.45, 2.75) is 34.1 Å². The lowest BCUT2D eigenvalue weighted by atomic mass is 10.1. The first-order valence-corrected chi connectivity index (χ1v) is 8.62. The predicted octanol–water partition coefficient (Wildman–Crippen LogP) is 4.00. The highest BCUT2D eigenvalue weighted by Crippen LogP contribution is 2.29. The second-order valence-corrected chi connectivity index (χ2v) is 6.39. The molecule has 0 spiro atoms. The first-order valence-electron chi connectivity index (χ1n) is 8.62. The van der Waals surface area contributed by atoms with E-state index in [9.17, 15) is 9.59 Å². The average Bonchev–Trinajstić information content (AvgIpc) is 2.59. The molecule has 26 heavy (non-hydrogen) atoms. The van der Waals surface area contributed by atoms with Crippen LogP contribution in [0.1, 0.15) is 30.0 Å². The fourth-order valence-electron chi connectivity index (χ4n) is 2.77. The Morgan fingerprint density at radius 2 is 1.85 bits per heavy atom. The minimum absolute atomic E-state index is 0.128. The molecule has 0 aliphatic carbocycles. The smallest absolute Gasteiger partial charge is 0.226 e. The first kappa shape index (κ1) is 19.5. The quantitative estimate of drug-likeness (QED) is 0.853. The minimum Gasteiger partial charge on any atom is -0.495 e. The molecular formula is C21H26N2O3. The van der Waals surface area contributed by atoms with Crippen LogP contribution in [0.15, 0.2) is 36.4 Å². The van der Waals surface area contributed by atoms with E-state index < -0.39 is 0 Å². The van der Waals surface area contributed by atoms with Gasteiger partial charge in [0.25, 0.3) is 0 Å². The molecule has 0 fully saturated rings. The van der Waals surface area contributed by atoms with Crippen LogP contribution < -0.4 is 15.0 Å². The zero-order valence-electron chi connectivity index (χ0n) is 16.1. The van der Waals surface area contributed by atoms with Gasteiger partial charge in [-0.3, -0.25) is 9.59 Å². The van der Waals surface area contributed by atoms with E-state index in [1.807, 2.05) is 57.2 Å². The number of nitrogens with zero attached hydrogens (tertiary/aromatic N) is 1. The number of ether oxygens (including phenoxy) is 1. The van der Waals surface area contributed by atoms with Gasteiger partial charge >= 0.3 is 0 Å². The van der Waals surface area contributed by atoms with Crippen LogP contribution in [-0.4, -0.2) is 25.5 Å². The van der Waals surface area contributed by atoms with Crippen LogP contribution >= 0.6 is 0 Å². The standard InChI is InChI=1S/C21H26N2O3/c1-14-9-10-20(26-5)19(13-14)23(17(4)24)12-11-21(25)22-18-8-6-7-15(2)16(18)3/h6-10,13H,11-12H2,1-5H3,(H,22,25). The number of anilines is 2. The van der Waals surface area contributed by atoms with E-state index in [-0.39, 0.29) is 24.8 Å². The van der Waals surface area contributed by atoms with Crippen molar-refractivity contribution < 1.29 is 14.3 Å². The highest BCUT2D eigenvalue weighted by molar-refractivity contribution is 5.96. The Kier molecular flexibility index (Phi) is 6.39. The molecule has 5 nitrogen and oxygen atoms in total. The summed E-state index contributed by atoms with van der Waals surface area (Å²) in [6.07, 6.45) is 0.198. The average molecular weight is 354 g/mol. The summed E-state index contributed by atoms with van der Waals surface area (Å²) in [5.74, 6) is 0.353. The lowest BCUT2D eigenvalue weighted by Gasteiger charge is -2.23. The largest absolute Gasteiger partial charge is 0.495 e. The number of rotatable bonds is 6. The van der Waals surface area contributed by atoms with Crippen molar-refractivity contribution in [2.24, 2.45) is 0 Å². The summed E-state index contributed by atoms with van der Waals surface area (Å²) >= 11 is 0. The molecule has 0 aliphatic rings. The van der Waals surface area contributed by atoms with Crippen LogP contribution in [0.5, 0.6) is 5.75 Å². The van der Waals surface area contributed by atoms with Gasteiger partial charge in [-0.2, -0.15) is 0 Å². The monoisotopic (exact) mass is 354 g/mol. The van der Waals surface area contributed by atoms with Crippen LogP contribution in [0.4, 0.5) is 11.4 Å². The third-order valence-electron chi connectivity index (χ3n) is 4.45. The van der Waals surface area contributed by atoms with E-state index >= 15 is 0 Å². The molecule has 0 aromatic heterocycles. The Morgan fingerprint density at radius 1 is 1.12 bits per heavy atom. The molecule has 0 aliphatic heterocycles. The van der Waals surface area contributed by atoms with Gasteiger partial charge in [0.2, 0.25) is 11.8 Å². The van der Waals surface area contributed by atoms with Crippen LogP contribution in [0.3, 0.4) is 0 Å². The first-order chi connectivity index (χ1) is 12.3. The Morgan fingerprint density at radius 3 is 2.50 bits per heavy atom. The van der Waals surface area contributed by atoms with E-state index in [1.165, 1.54) is 6.92 Å². The van der Waals surface area contributed by atoms with Gasteiger partial charge in [0.15, 0.2) is 0 Å². The molecular weight excluding hydrogens is 328 g/mol. The summed E-state index contributed by atoms with van der Waals surface area (Å²) in [4.78, 5) is 26.1. The van der Waals surface area contributed by atoms with Gasteiger partial charge in [-0.05, 0) is 55.7 Å². The molecule has 0 saturated heterocycles. The summed E-state index contributed by atoms with van der Waals surface area (Å²) in [7, 11) is 1.57. The molecule has 0 heterocycles. The van der Waals surface area contributed by atoms with E-state index in [2.05, 4.69) is 5.32 Å². The second kappa shape index (κ2) is 8.52. The number of amides is 2. The summed E-state index contributed by atoms with van der Waals surface area (Å²) in [6.45, 7) is 7.71. The van der Waals surface area contributed by atoms with Gasteiger partial charge in [0.1, 0.15) is 5.75 Å². The maximum atomic E-state index is 12.4. The Balaban J connectivity index is 2.12. The maximum absolute atomic E-state index is 12.4. The minimum atomic E-state index is -0.131. The molecule has 0 saturated carbocycles. The van der Waals surface area contributed by atoms with Crippen LogP contribution in [0.2, 0.25) is 0 Å². The van der Waals surface area contributed by atoms with Gasteiger partial charge in [-0.15, -0.1) is 0 Å². The lowest BCUT2D eigenvalue weighted by Crippen LogP contribution is -2.32. The van der Waals surface area contributed by atoms with Crippen LogP contribution in [0, 0.1) is 20.8 Å². The fraction of sp³-hybridized carbons (Fsp3) is 0.333. The SMILES string of the molecule is COc1ccc(C)cc1N(CCC(=O)Nc1cccc(C)c1C)C(C)=O. The van der Waals surface area contributed by atoms with Crippen molar-refractivity contribution in [1.82, 2.24) is 0 Å². The van der Waals surface area contributed by atoms with Crippen molar-refractivity contribution in [1.29, 1.82) is 0 Å². The maximum Gasteiger partial charge on any atom is 0.226 e. The normalized spacial score (nSPS) is 10.3. The molecule has 2 aromatic carbocycles. The highest BCUT2D eigenvalue weighted by atomic mass is 16.5. The number of methoxy groups -OCH3 is 1. The third kappa shape index (κ3) is 4.63. The van der Waals surface area contributed by atoms with Crippen molar-refractivity contribution in [2.75, 3.05) is 23.9 Å². The Hall–Kier alpha value is -2.82. The van der Waals surface area contributed by atoms with E-state index in [0.29, 0.717) is 11.4 Å². The molecule has 2 aromatic rings. The second-order valence-electron chi connectivity index (χ2n) is 6.39. The number of carbonyl (C=O) groups is 2. The summed E-state index contributed by atoms with van der Waals surface area (Å²) in [6, 6.07) is 11.4. The topological polar surface area (TPSA) is 58.6 Å². The van der Waals surface area contributed by atoms with Gasteiger partial charge in [-0.1, -0.05) is 18.2 Å². The van der Waals surface area contributed by atoms with Gasteiger partial charge in [0, 0.05) is 25.6 Å². The molecule has 5 heteroatoms. The molecule has 138 valence electrons. The Labute approximate surface area is 155 Å². The van der Waals surface area contributed by atoms with Crippen molar-refractivity contribution in [3.8, 4) is 5.75 Å². The lowest BCUT2D eigenvalue weighted by molar-refractivity contribution is -0.117. The van der Waals surface area contributed by atoms with E-state index in [4.69, 9.17) is 4.74 Å². The van der Waals surface area contributed by atoms with Crippen LogP contribution in [-0.2, 0) is 9.59 Å². The van der Waals surface area contributed by atoms with Crippen molar-refractivity contribution >= 4 is 23.2 Å². The number of nitrogens with one attached hydrogen (secondary N) is 1. The zero-order chi connectivity index (χ0) is 19.3. The van der Waals surface area contributed by atoms with Crippen molar-refractivity contribution in [3.63, 3.8) is 0 Å². The van der Waals surface area contributed by atoms with Gasteiger partial charge < -0.3 is 15.0 Å². The highest BCUT2D eigenvalue weighted by Gasteiger charge is 2.18. The third-order valence-corrected chi connectivity index (χ3v) is 4.45. The predicted molar refractivity (Wildman–Crippen MR) is 105 cm³/mol. The molecule has 0 bridgehead atoms. The van der Waals surface area contributed by atoms with E-state index in [0.717, 1.165) is 22.4 Å². The molecule has 0 radical (unpaired) electrons. The molecule has 2 amide bonds. The van der Waals surface area contributed by atoms with Gasteiger partial charge in [0.05, 0.1) is 12.8 Å². The van der Waals surface area contributed by atoms with E-state index in [1.54, 1.807) is 12.0 Å². The van der Waals surface area contributed by atoms with Crippen molar-refractivity contribution in [3.05, 3.63) is 53.1 Å². The van der Waals surface area contributed by atoms with Gasteiger partial charge in [-0.25, -0.2) is 0 Å². The number of benzene rings is 2. The number of hydrogen-bond donors (Lipinski definition) is 1. The summed E-state index contributed by atoms with van der Waals surface area (Å²) in [5, 5.41) is 2.93. The summed E-state index contributed by atoms with van der Waals surface area (Å²) < 4.78 is 5.37. The number of hydrogen-bond acceptors (Lipinski definition) is 3. The summed E-state index contributed by atoms with van der Waals surface area (Å²) in [5.41, 5.74) is 4.67.